The Morgan fingerprint density at radius 3 is 2.52 bits per heavy atom. The van der Waals surface area contributed by atoms with E-state index in [0.29, 0.717) is 11.4 Å². The second-order valence-electron chi connectivity index (χ2n) is 4.12. The predicted molar refractivity (Wildman–Crippen MR) is 86.5 cm³/mol. The van der Waals surface area contributed by atoms with Crippen molar-refractivity contribution in [1.82, 2.24) is 5.32 Å². The van der Waals surface area contributed by atoms with Crippen LogP contribution in [0.3, 0.4) is 0 Å². The smallest absolute Gasteiger partial charge is 0.318 e. The van der Waals surface area contributed by atoms with Gasteiger partial charge < -0.3 is 16.0 Å². The molecule has 2 rings (SSSR count). The number of nitrogens with one attached hydrogen (secondary N) is 3. The maximum Gasteiger partial charge on any atom is 0.318 e. The van der Waals surface area contributed by atoms with Crippen molar-refractivity contribution in [1.29, 1.82) is 0 Å². The third kappa shape index (κ3) is 4.77. The van der Waals surface area contributed by atoms with Crippen molar-refractivity contribution in [3.63, 3.8) is 0 Å². The summed E-state index contributed by atoms with van der Waals surface area (Å²) in [5, 5.41) is 9.80. The Kier molecular flexibility index (Phi) is 5.11. The molecule has 0 aliphatic heterocycles. The Morgan fingerprint density at radius 1 is 1.10 bits per heavy atom. The molecule has 0 radical (unpaired) electrons. The summed E-state index contributed by atoms with van der Waals surface area (Å²) in [5.74, 6) is -0.222. The van der Waals surface area contributed by atoms with Crippen LogP contribution < -0.4 is 16.0 Å². The SMILES string of the molecule is CNC(=O)Nc1cccc(NC(=O)/C=C/c2cccs2)c1. The highest BCUT2D eigenvalue weighted by atomic mass is 32.1. The van der Waals surface area contributed by atoms with Gasteiger partial charge in [-0.2, -0.15) is 0 Å². The summed E-state index contributed by atoms with van der Waals surface area (Å²) in [6.45, 7) is 0. The molecule has 0 unspecified atom stereocenters. The van der Waals surface area contributed by atoms with Gasteiger partial charge in [0.1, 0.15) is 0 Å². The zero-order chi connectivity index (χ0) is 15.1. The van der Waals surface area contributed by atoms with Crippen LogP contribution in [0.1, 0.15) is 4.88 Å². The van der Waals surface area contributed by atoms with Crippen LogP contribution in [0.25, 0.3) is 6.08 Å². The molecule has 0 spiro atoms. The van der Waals surface area contributed by atoms with Crippen LogP contribution in [-0.2, 0) is 4.79 Å². The molecule has 0 aliphatic carbocycles. The van der Waals surface area contributed by atoms with E-state index in [0.717, 1.165) is 4.88 Å². The van der Waals surface area contributed by atoms with E-state index < -0.39 is 0 Å². The van der Waals surface area contributed by atoms with Gasteiger partial charge in [-0.05, 0) is 35.7 Å². The second-order valence-corrected chi connectivity index (χ2v) is 5.10. The Balaban J connectivity index is 1.97. The zero-order valence-corrected chi connectivity index (χ0v) is 12.2. The van der Waals surface area contributed by atoms with Crippen LogP contribution in [0.4, 0.5) is 16.2 Å². The lowest BCUT2D eigenvalue weighted by molar-refractivity contribution is -0.111. The van der Waals surface area contributed by atoms with Crippen LogP contribution in [0, 0.1) is 0 Å². The van der Waals surface area contributed by atoms with Crippen molar-refractivity contribution in [2.75, 3.05) is 17.7 Å². The molecule has 5 nitrogen and oxygen atoms in total. The molecule has 1 aromatic carbocycles. The molecule has 0 atom stereocenters. The van der Waals surface area contributed by atoms with Gasteiger partial charge in [-0.3, -0.25) is 4.79 Å². The Bertz CT molecular complexity index is 651. The summed E-state index contributed by atoms with van der Waals surface area (Å²) in [7, 11) is 1.54. The summed E-state index contributed by atoms with van der Waals surface area (Å²) in [6.07, 6.45) is 3.23. The maximum atomic E-state index is 11.8. The third-order valence-electron chi connectivity index (χ3n) is 2.56. The van der Waals surface area contributed by atoms with Crippen LogP contribution in [-0.4, -0.2) is 19.0 Å². The van der Waals surface area contributed by atoms with Gasteiger partial charge in [-0.1, -0.05) is 12.1 Å². The number of thiophene rings is 1. The number of carbonyl (C=O) groups is 2. The van der Waals surface area contributed by atoms with Crippen molar-refractivity contribution in [3.05, 3.63) is 52.7 Å². The molecule has 1 aromatic heterocycles. The van der Waals surface area contributed by atoms with Gasteiger partial charge in [0.2, 0.25) is 5.91 Å². The fraction of sp³-hybridized carbons (Fsp3) is 0.0667. The van der Waals surface area contributed by atoms with E-state index >= 15 is 0 Å². The van der Waals surface area contributed by atoms with E-state index in [2.05, 4.69) is 16.0 Å². The lowest BCUT2D eigenvalue weighted by Gasteiger charge is -2.07. The van der Waals surface area contributed by atoms with Gasteiger partial charge in [0.15, 0.2) is 0 Å². The highest BCUT2D eigenvalue weighted by Gasteiger charge is 2.02. The maximum absolute atomic E-state index is 11.8. The minimum Gasteiger partial charge on any atom is -0.341 e. The summed E-state index contributed by atoms with van der Waals surface area (Å²) in [5.41, 5.74) is 1.22. The Morgan fingerprint density at radius 2 is 1.86 bits per heavy atom. The molecule has 21 heavy (non-hydrogen) atoms. The predicted octanol–water partition coefficient (Wildman–Crippen LogP) is 3.15. The summed E-state index contributed by atoms with van der Waals surface area (Å²) < 4.78 is 0. The highest BCUT2D eigenvalue weighted by molar-refractivity contribution is 7.10. The zero-order valence-electron chi connectivity index (χ0n) is 11.4. The quantitative estimate of drug-likeness (QED) is 0.759. The highest BCUT2D eigenvalue weighted by Crippen LogP contribution is 2.15. The topological polar surface area (TPSA) is 70.2 Å². The molecule has 6 heteroatoms. The van der Waals surface area contributed by atoms with Crippen LogP contribution >= 0.6 is 11.3 Å². The van der Waals surface area contributed by atoms with Gasteiger partial charge in [0, 0.05) is 29.4 Å². The lowest BCUT2D eigenvalue weighted by Crippen LogP contribution is -2.24. The van der Waals surface area contributed by atoms with E-state index in [9.17, 15) is 9.59 Å². The van der Waals surface area contributed by atoms with E-state index in [4.69, 9.17) is 0 Å². The Hall–Kier alpha value is -2.60. The first-order valence-electron chi connectivity index (χ1n) is 6.29. The van der Waals surface area contributed by atoms with E-state index in [1.54, 1.807) is 41.7 Å². The largest absolute Gasteiger partial charge is 0.341 e. The number of urea groups is 1. The summed E-state index contributed by atoms with van der Waals surface area (Å²) in [4.78, 5) is 24.0. The third-order valence-corrected chi connectivity index (χ3v) is 3.39. The fourth-order valence-corrected chi connectivity index (χ4v) is 2.21. The average molecular weight is 301 g/mol. The molecule has 108 valence electrons. The summed E-state index contributed by atoms with van der Waals surface area (Å²) >= 11 is 1.56. The van der Waals surface area contributed by atoms with Gasteiger partial charge >= 0.3 is 6.03 Å². The van der Waals surface area contributed by atoms with Crippen molar-refractivity contribution in [3.8, 4) is 0 Å². The van der Waals surface area contributed by atoms with Crippen molar-refractivity contribution in [2.45, 2.75) is 0 Å². The molecule has 1 heterocycles. The number of anilines is 2. The fourth-order valence-electron chi connectivity index (χ4n) is 1.60. The molecule has 3 amide bonds. The van der Waals surface area contributed by atoms with Crippen LogP contribution in [0.5, 0.6) is 0 Å². The minimum absolute atomic E-state index is 0.222. The molecule has 0 saturated heterocycles. The molecular formula is C15H15N3O2S. The normalized spacial score (nSPS) is 10.3. The first kappa shape index (κ1) is 14.8. The number of amides is 3. The van der Waals surface area contributed by atoms with Crippen molar-refractivity contribution in [2.24, 2.45) is 0 Å². The van der Waals surface area contributed by atoms with Gasteiger partial charge in [0.25, 0.3) is 0 Å². The molecule has 0 saturated carbocycles. The van der Waals surface area contributed by atoms with Gasteiger partial charge in [-0.25, -0.2) is 4.79 Å². The first-order chi connectivity index (χ1) is 10.2. The Labute approximate surface area is 126 Å². The van der Waals surface area contributed by atoms with Crippen LogP contribution in [0.15, 0.2) is 47.9 Å². The number of carbonyl (C=O) groups excluding carboxylic acids is 2. The van der Waals surface area contributed by atoms with E-state index in [1.807, 2.05) is 17.5 Å². The van der Waals surface area contributed by atoms with Gasteiger partial charge in [0.05, 0.1) is 0 Å². The monoisotopic (exact) mass is 301 g/mol. The van der Waals surface area contributed by atoms with E-state index in [-0.39, 0.29) is 11.9 Å². The number of hydrogen-bond donors (Lipinski definition) is 3. The first-order valence-corrected chi connectivity index (χ1v) is 7.17. The number of benzene rings is 1. The second kappa shape index (κ2) is 7.25. The number of hydrogen-bond acceptors (Lipinski definition) is 3. The van der Waals surface area contributed by atoms with Crippen LogP contribution in [0.2, 0.25) is 0 Å². The molecule has 2 aromatic rings. The van der Waals surface area contributed by atoms with Crippen molar-refractivity contribution < 1.29 is 9.59 Å². The lowest BCUT2D eigenvalue weighted by atomic mass is 10.2. The molecule has 3 N–H and O–H groups in total. The van der Waals surface area contributed by atoms with Gasteiger partial charge in [-0.15, -0.1) is 11.3 Å². The average Bonchev–Trinajstić information content (AvgIpc) is 2.98. The number of rotatable bonds is 4. The molecule has 0 aliphatic rings. The summed E-state index contributed by atoms with van der Waals surface area (Å²) in [6, 6.07) is 10.5. The molecule has 0 fully saturated rings. The molecular weight excluding hydrogens is 286 g/mol. The van der Waals surface area contributed by atoms with Crippen molar-refractivity contribution >= 4 is 40.7 Å². The standard InChI is InChI=1S/C15H15N3O2S/c1-16-15(20)18-12-5-2-4-11(10-12)17-14(19)8-7-13-6-3-9-21-13/h2-10H,1H3,(H,17,19)(H2,16,18,20)/b8-7+. The minimum atomic E-state index is -0.309. The molecule has 0 bridgehead atoms. The van der Waals surface area contributed by atoms with E-state index in [1.165, 1.54) is 13.1 Å².